The lowest BCUT2D eigenvalue weighted by atomic mass is 10.0. The molecule has 0 aromatic heterocycles. The number of methoxy groups -OCH3 is 1. The van der Waals surface area contributed by atoms with Gasteiger partial charge in [-0.3, -0.25) is 4.79 Å². The van der Waals surface area contributed by atoms with E-state index in [-0.39, 0.29) is 17.9 Å². The first-order valence-electron chi connectivity index (χ1n) is 6.67. The molecule has 0 aliphatic heterocycles. The average Bonchev–Trinajstić information content (AvgIpc) is 2.35. The Hall–Kier alpha value is -0.650. The summed E-state index contributed by atoms with van der Waals surface area (Å²) in [4.78, 5) is 13.7. The number of esters is 1. The Morgan fingerprint density at radius 3 is 2.28 bits per heavy atom. The maximum Gasteiger partial charge on any atom is 0.323 e. The third kappa shape index (κ3) is 6.33. The molecular weight excluding hydrogens is 232 g/mol. The van der Waals surface area contributed by atoms with Crippen molar-refractivity contribution in [2.24, 2.45) is 5.92 Å². The van der Waals surface area contributed by atoms with Gasteiger partial charge in [-0.25, -0.2) is 0 Å². The molecule has 0 saturated carbocycles. The van der Waals surface area contributed by atoms with Gasteiger partial charge < -0.3 is 20.1 Å². The van der Waals surface area contributed by atoms with Crippen LogP contribution in [0.3, 0.4) is 0 Å². The van der Waals surface area contributed by atoms with Gasteiger partial charge in [-0.15, -0.1) is 0 Å². The smallest absolute Gasteiger partial charge is 0.323 e. The van der Waals surface area contributed by atoms with Gasteiger partial charge in [0, 0.05) is 13.1 Å². The summed E-state index contributed by atoms with van der Waals surface area (Å²) >= 11 is 0. The summed E-state index contributed by atoms with van der Waals surface area (Å²) in [5.41, 5.74) is 0. The molecule has 0 rings (SSSR count). The lowest BCUT2D eigenvalue weighted by molar-refractivity contribution is -0.144. The quantitative estimate of drug-likeness (QED) is 0.590. The van der Waals surface area contributed by atoms with Gasteiger partial charge >= 0.3 is 5.97 Å². The second-order valence-electron chi connectivity index (χ2n) is 4.79. The largest absolute Gasteiger partial charge is 0.468 e. The van der Waals surface area contributed by atoms with Crippen molar-refractivity contribution in [2.75, 3.05) is 33.3 Å². The van der Waals surface area contributed by atoms with Crippen molar-refractivity contribution in [2.45, 2.75) is 39.8 Å². The topological polar surface area (TPSA) is 61.8 Å². The highest BCUT2D eigenvalue weighted by Gasteiger charge is 2.23. The molecule has 108 valence electrons. The van der Waals surface area contributed by atoms with Crippen LogP contribution in [0.1, 0.15) is 27.7 Å². The number of nitrogens with one attached hydrogen (secondary N) is 1. The third-order valence-corrected chi connectivity index (χ3v) is 3.06. The molecular formula is C13H28N2O3. The Morgan fingerprint density at radius 2 is 1.89 bits per heavy atom. The Bertz CT molecular complexity index is 230. The van der Waals surface area contributed by atoms with E-state index >= 15 is 0 Å². The summed E-state index contributed by atoms with van der Waals surface area (Å²) in [6.07, 6.45) is -0.476. The van der Waals surface area contributed by atoms with E-state index in [9.17, 15) is 9.90 Å². The van der Waals surface area contributed by atoms with E-state index in [4.69, 9.17) is 4.74 Å². The van der Waals surface area contributed by atoms with E-state index in [2.05, 4.69) is 24.1 Å². The molecule has 18 heavy (non-hydrogen) atoms. The van der Waals surface area contributed by atoms with Gasteiger partial charge in [0.1, 0.15) is 6.04 Å². The zero-order valence-electron chi connectivity index (χ0n) is 12.3. The molecule has 0 radical (unpaired) electrons. The number of rotatable bonds is 9. The lowest BCUT2D eigenvalue weighted by Crippen LogP contribution is -2.47. The molecule has 0 fully saturated rings. The Morgan fingerprint density at radius 1 is 1.33 bits per heavy atom. The van der Waals surface area contributed by atoms with Crippen LogP contribution in [0.25, 0.3) is 0 Å². The van der Waals surface area contributed by atoms with Crippen LogP contribution in [-0.2, 0) is 9.53 Å². The molecule has 0 saturated heterocycles. The predicted molar refractivity (Wildman–Crippen MR) is 72.4 cm³/mol. The summed E-state index contributed by atoms with van der Waals surface area (Å²) in [6.45, 7) is 10.9. The van der Waals surface area contributed by atoms with Crippen molar-refractivity contribution in [3.8, 4) is 0 Å². The van der Waals surface area contributed by atoms with E-state index < -0.39 is 6.10 Å². The second-order valence-corrected chi connectivity index (χ2v) is 4.79. The summed E-state index contributed by atoms with van der Waals surface area (Å²) in [7, 11) is 1.38. The van der Waals surface area contributed by atoms with Crippen LogP contribution < -0.4 is 5.32 Å². The number of ether oxygens (including phenoxy) is 1. The molecule has 0 aliphatic rings. The van der Waals surface area contributed by atoms with Gasteiger partial charge in [0.05, 0.1) is 13.2 Å². The SMILES string of the molecule is CCN(CC)CC(O)CNC(C(=O)OC)C(C)C. The summed E-state index contributed by atoms with van der Waals surface area (Å²) < 4.78 is 4.74. The minimum absolute atomic E-state index is 0.137. The van der Waals surface area contributed by atoms with Crippen molar-refractivity contribution in [3.05, 3.63) is 0 Å². The average molecular weight is 260 g/mol. The minimum Gasteiger partial charge on any atom is -0.468 e. The highest BCUT2D eigenvalue weighted by atomic mass is 16.5. The molecule has 5 nitrogen and oxygen atoms in total. The standard InChI is InChI=1S/C13H28N2O3/c1-6-15(7-2)9-11(16)8-14-12(10(3)4)13(17)18-5/h10-12,14,16H,6-9H2,1-5H3. The number of aliphatic hydroxyl groups is 1. The molecule has 5 heteroatoms. The summed E-state index contributed by atoms with van der Waals surface area (Å²) in [5.74, 6) is -0.141. The Kier molecular flexibility index (Phi) is 8.97. The molecule has 2 N–H and O–H groups in total. The maximum atomic E-state index is 11.5. The number of carbonyl (C=O) groups excluding carboxylic acids is 1. The summed E-state index contributed by atoms with van der Waals surface area (Å²) in [6, 6.07) is -0.360. The molecule has 0 heterocycles. The van der Waals surface area contributed by atoms with Crippen molar-refractivity contribution >= 4 is 5.97 Å². The molecule has 0 aliphatic carbocycles. The van der Waals surface area contributed by atoms with Crippen LogP contribution in [0.2, 0.25) is 0 Å². The lowest BCUT2D eigenvalue weighted by Gasteiger charge is -2.25. The third-order valence-electron chi connectivity index (χ3n) is 3.06. The van der Waals surface area contributed by atoms with Gasteiger partial charge in [-0.2, -0.15) is 0 Å². The summed E-state index contributed by atoms with van der Waals surface area (Å²) in [5, 5.41) is 13.0. The number of hydrogen-bond acceptors (Lipinski definition) is 5. The first kappa shape index (κ1) is 17.4. The van der Waals surface area contributed by atoms with E-state index in [1.807, 2.05) is 13.8 Å². The molecule has 0 spiro atoms. The van der Waals surface area contributed by atoms with Crippen LogP contribution in [0.15, 0.2) is 0 Å². The Labute approximate surface area is 110 Å². The van der Waals surface area contributed by atoms with Crippen LogP contribution in [0, 0.1) is 5.92 Å². The van der Waals surface area contributed by atoms with E-state index in [1.165, 1.54) is 7.11 Å². The van der Waals surface area contributed by atoms with Crippen LogP contribution >= 0.6 is 0 Å². The van der Waals surface area contributed by atoms with Gasteiger partial charge in [0.25, 0.3) is 0 Å². The van der Waals surface area contributed by atoms with Gasteiger partial charge in [-0.1, -0.05) is 27.7 Å². The molecule has 0 amide bonds. The molecule has 2 unspecified atom stereocenters. The molecule has 0 aromatic carbocycles. The van der Waals surface area contributed by atoms with Crippen molar-refractivity contribution in [3.63, 3.8) is 0 Å². The molecule has 0 bridgehead atoms. The highest BCUT2D eigenvalue weighted by Crippen LogP contribution is 2.03. The van der Waals surface area contributed by atoms with Gasteiger partial charge in [-0.05, 0) is 19.0 Å². The minimum atomic E-state index is -0.476. The monoisotopic (exact) mass is 260 g/mol. The normalized spacial score (nSPS) is 14.9. The molecule has 0 aromatic rings. The van der Waals surface area contributed by atoms with Crippen molar-refractivity contribution in [1.29, 1.82) is 0 Å². The molecule has 2 atom stereocenters. The fraction of sp³-hybridized carbons (Fsp3) is 0.923. The Balaban J connectivity index is 4.14. The first-order chi connectivity index (χ1) is 8.46. The number of nitrogens with zero attached hydrogens (tertiary/aromatic N) is 1. The number of hydrogen-bond donors (Lipinski definition) is 2. The van der Waals surface area contributed by atoms with E-state index in [0.717, 1.165) is 13.1 Å². The van der Waals surface area contributed by atoms with E-state index in [1.54, 1.807) is 0 Å². The van der Waals surface area contributed by atoms with E-state index in [0.29, 0.717) is 13.1 Å². The van der Waals surface area contributed by atoms with Crippen LogP contribution in [0.4, 0.5) is 0 Å². The van der Waals surface area contributed by atoms with Crippen molar-refractivity contribution < 1.29 is 14.6 Å². The first-order valence-corrected chi connectivity index (χ1v) is 6.67. The zero-order chi connectivity index (χ0) is 14.1. The van der Waals surface area contributed by atoms with Gasteiger partial charge in [0.15, 0.2) is 0 Å². The number of aliphatic hydroxyl groups excluding tert-OH is 1. The van der Waals surface area contributed by atoms with Crippen LogP contribution in [-0.4, -0.2) is 61.4 Å². The number of likely N-dealkylation sites (N-methyl/N-ethyl adjacent to an activating group) is 1. The predicted octanol–water partition coefficient (Wildman–Crippen LogP) is 0.476. The highest BCUT2D eigenvalue weighted by molar-refractivity contribution is 5.75. The van der Waals surface area contributed by atoms with Gasteiger partial charge in [0.2, 0.25) is 0 Å². The fourth-order valence-electron chi connectivity index (χ4n) is 1.83. The fourth-order valence-corrected chi connectivity index (χ4v) is 1.83. The second kappa shape index (κ2) is 9.30. The zero-order valence-corrected chi connectivity index (χ0v) is 12.3. The maximum absolute atomic E-state index is 11.5. The van der Waals surface area contributed by atoms with Crippen LogP contribution in [0.5, 0.6) is 0 Å². The number of carbonyl (C=O) groups is 1. The van der Waals surface area contributed by atoms with Crippen molar-refractivity contribution in [1.82, 2.24) is 10.2 Å².